The molecular formula is C16H15ClO3. The van der Waals surface area contributed by atoms with Crippen LogP contribution in [0.25, 0.3) is 0 Å². The van der Waals surface area contributed by atoms with E-state index in [1.165, 1.54) is 0 Å². The van der Waals surface area contributed by atoms with Crippen LogP contribution in [0.2, 0.25) is 5.02 Å². The average molecular weight is 291 g/mol. The quantitative estimate of drug-likeness (QED) is 0.602. The lowest BCUT2D eigenvalue weighted by Gasteiger charge is -2.10. The number of benzene rings is 2. The number of methoxy groups -OCH3 is 1. The highest BCUT2D eigenvalue weighted by Crippen LogP contribution is 2.22. The molecule has 0 aliphatic carbocycles. The van der Waals surface area contributed by atoms with Crippen molar-refractivity contribution in [1.29, 1.82) is 0 Å². The van der Waals surface area contributed by atoms with Crippen LogP contribution in [0.5, 0.6) is 5.75 Å². The predicted octanol–water partition coefficient (Wildman–Crippen LogP) is 3.60. The Morgan fingerprint density at radius 3 is 2.45 bits per heavy atom. The molecule has 0 atom stereocenters. The van der Waals surface area contributed by atoms with Crippen LogP contribution < -0.4 is 4.74 Å². The zero-order valence-corrected chi connectivity index (χ0v) is 11.9. The Morgan fingerprint density at radius 2 is 1.75 bits per heavy atom. The van der Waals surface area contributed by atoms with Crippen molar-refractivity contribution in [2.45, 2.75) is 0 Å². The van der Waals surface area contributed by atoms with Crippen molar-refractivity contribution in [2.24, 2.45) is 0 Å². The van der Waals surface area contributed by atoms with Gasteiger partial charge >= 0.3 is 0 Å². The summed E-state index contributed by atoms with van der Waals surface area (Å²) in [7, 11) is 1.61. The number of carbonyl (C=O) groups excluding carboxylic acids is 1. The molecule has 104 valence electrons. The first kappa shape index (κ1) is 14.6. The van der Waals surface area contributed by atoms with E-state index in [1.807, 2.05) is 12.1 Å². The monoisotopic (exact) mass is 290 g/mol. The molecule has 0 fully saturated rings. The van der Waals surface area contributed by atoms with E-state index in [-0.39, 0.29) is 5.78 Å². The van der Waals surface area contributed by atoms with Crippen molar-refractivity contribution < 1.29 is 14.3 Å². The van der Waals surface area contributed by atoms with Crippen molar-refractivity contribution in [2.75, 3.05) is 20.3 Å². The highest BCUT2D eigenvalue weighted by atomic mass is 35.5. The van der Waals surface area contributed by atoms with Crippen molar-refractivity contribution in [3.05, 3.63) is 64.7 Å². The summed E-state index contributed by atoms with van der Waals surface area (Å²) in [6.07, 6.45) is 0. The largest absolute Gasteiger partial charge is 0.490 e. The number of hydrogen-bond acceptors (Lipinski definition) is 3. The topological polar surface area (TPSA) is 35.5 Å². The molecule has 0 spiro atoms. The molecule has 3 nitrogen and oxygen atoms in total. The number of ether oxygens (including phenoxy) is 2. The van der Waals surface area contributed by atoms with E-state index in [0.29, 0.717) is 35.1 Å². The van der Waals surface area contributed by atoms with Gasteiger partial charge in [-0.25, -0.2) is 0 Å². The van der Waals surface area contributed by atoms with Crippen LogP contribution in [-0.4, -0.2) is 26.1 Å². The molecule has 0 unspecified atom stereocenters. The summed E-state index contributed by atoms with van der Waals surface area (Å²) >= 11 is 5.83. The molecule has 0 aliphatic rings. The predicted molar refractivity (Wildman–Crippen MR) is 78.7 cm³/mol. The third-order valence-electron chi connectivity index (χ3n) is 2.78. The van der Waals surface area contributed by atoms with Gasteiger partial charge in [0.1, 0.15) is 12.4 Å². The normalized spacial score (nSPS) is 10.3. The maximum absolute atomic E-state index is 12.5. The van der Waals surface area contributed by atoms with E-state index in [0.717, 1.165) is 0 Å². The number of halogens is 1. The summed E-state index contributed by atoms with van der Waals surface area (Å²) in [5, 5.41) is 0.603. The van der Waals surface area contributed by atoms with Crippen LogP contribution in [0.4, 0.5) is 0 Å². The lowest BCUT2D eigenvalue weighted by molar-refractivity contribution is 0.103. The zero-order valence-electron chi connectivity index (χ0n) is 11.1. The van der Waals surface area contributed by atoms with E-state index in [1.54, 1.807) is 43.5 Å². The second-order valence-electron chi connectivity index (χ2n) is 4.17. The van der Waals surface area contributed by atoms with Crippen molar-refractivity contribution in [3.63, 3.8) is 0 Å². The van der Waals surface area contributed by atoms with Crippen LogP contribution in [0.3, 0.4) is 0 Å². The molecule has 2 aromatic carbocycles. The van der Waals surface area contributed by atoms with E-state index < -0.39 is 0 Å². The van der Waals surface area contributed by atoms with Crippen molar-refractivity contribution in [1.82, 2.24) is 0 Å². The zero-order chi connectivity index (χ0) is 14.4. The molecule has 20 heavy (non-hydrogen) atoms. The standard InChI is InChI=1S/C16H15ClO3/c1-19-10-11-20-15-5-3-2-4-14(15)16(18)12-6-8-13(17)9-7-12/h2-9H,10-11H2,1H3. The Bertz CT molecular complexity index is 579. The molecule has 2 rings (SSSR count). The molecule has 2 aromatic rings. The van der Waals surface area contributed by atoms with Crippen LogP contribution in [0.1, 0.15) is 15.9 Å². The van der Waals surface area contributed by atoms with Gasteiger partial charge in [0.25, 0.3) is 0 Å². The molecule has 0 saturated carbocycles. The van der Waals surface area contributed by atoms with Gasteiger partial charge in [0.15, 0.2) is 5.78 Å². The third-order valence-corrected chi connectivity index (χ3v) is 3.04. The Kier molecular flexibility index (Phi) is 5.16. The fourth-order valence-corrected chi connectivity index (χ4v) is 1.90. The van der Waals surface area contributed by atoms with Crippen molar-refractivity contribution >= 4 is 17.4 Å². The summed E-state index contributed by atoms with van der Waals surface area (Å²) in [5.74, 6) is 0.471. The first-order chi connectivity index (χ1) is 9.72. The molecule has 0 bridgehead atoms. The molecule has 0 N–H and O–H groups in total. The van der Waals surface area contributed by atoms with Gasteiger partial charge in [-0.15, -0.1) is 0 Å². The van der Waals surface area contributed by atoms with Gasteiger partial charge in [-0.2, -0.15) is 0 Å². The Morgan fingerprint density at radius 1 is 1.05 bits per heavy atom. The Balaban J connectivity index is 2.23. The van der Waals surface area contributed by atoms with E-state index in [4.69, 9.17) is 21.1 Å². The van der Waals surface area contributed by atoms with E-state index in [2.05, 4.69) is 0 Å². The lowest BCUT2D eigenvalue weighted by atomic mass is 10.0. The molecule has 0 radical (unpaired) electrons. The summed E-state index contributed by atoms with van der Waals surface area (Å²) < 4.78 is 10.5. The van der Waals surface area contributed by atoms with Crippen molar-refractivity contribution in [3.8, 4) is 5.75 Å². The second-order valence-corrected chi connectivity index (χ2v) is 4.61. The fraction of sp³-hybridized carbons (Fsp3) is 0.188. The van der Waals surface area contributed by atoms with E-state index in [9.17, 15) is 4.79 Å². The minimum atomic E-state index is -0.0883. The van der Waals surface area contributed by atoms with Crippen LogP contribution in [0, 0.1) is 0 Å². The lowest BCUT2D eigenvalue weighted by Crippen LogP contribution is -2.09. The molecule has 0 aliphatic heterocycles. The van der Waals surface area contributed by atoms with Crippen LogP contribution in [-0.2, 0) is 4.74 Å². The molecule has 0 saturated heterocycles. The average Bonchev–Trinajstić information content (AvgIpc) is 2.48. The minimum Gasteiger partial charge on any atom is -0.490 e. The molecule has 0 amide bonds. The SMILES string of the molecule is COCCOc1ccccc1C(=O)c1ccc(Cl)cc1. The number of para-hydroxylation sites is 1. The first-order valence-corrected chi connectivity index (χ1v) is 6.61. The van der Waals surface area contributed by atoms with E-state index >= 15 is 0 Å². The number of ketones is 1. The van der Waals surface area contributed by atoms with Gasteiger partial charge in [-0.05, 0) is 36.4 Å². The highest BCUT2D eigenvalue weighted by Gasteiger charge is 2.14. The maximum atomic E-state index is 12.5. The molecule has 4 heteroatoms. The van der Waals surface area contributed by atoms with Crippen LogP contribution in [0.15, 0.2) is 48.5 Å². The number of carbonyl (C=O) groups is 1. The first-order valence-electron chi connectivity index (χ1n) is 6.23. The smallest absolute Gasteiger partial charge is 0.196 e. The maximum Gasteiger partial charge on any atom is 0.196 e. The molecular weight excluding hydrogens is 276 g/mol. The summed E-state index contributed by atoms with van der Waals surface area (Å²) in [4.78, 5) is 12.5. The Labute approximate surface area is 123 Å². The summed E-state index contributed by atoms with van der Waals surface area (Å²) in [6, 6.07) is 14.0. The number of rotatable bonds is 6. The fourth-order valence-electron chi connectivity index (χ4n) is 1.77. The number of hydrogen-bond donors (Lipinski definition) is 0. The van der Waals surface area contributed by atoms with Gasteiger partial charge in [0.05, 0.1) is 12.2 Å². The van der Waals surface area contributed by atoms with Gasteiger partial charge in [-0.1, -0.05) is 23.7 Å². The van der Waals surface area contributed by atoms with Gasteiger partial charge < -0.3 is 9.47 Å². The third kappa shape index (κ3) is 3.59. The van der Waals surface area contributed by atoms with Gasteiger partial charge in [-0.3, -0.25) is 4.79 Å². The minimum absolute atomic E-state index is 0.0883. The summed E-state index contributed by atoms with van der Waals surface area (Å²) in [6.45, 7) is 0.880. The summed E-state index contributed by atoms with van der Waals surface area (Å²) in [5.41, 5.74) is 1.11. The van der Waals surface area contributed by atoms with Crippen LogP contribution >= 0.6 is 11.6 Å². The molecule has 0 heterocycles. The molecule has 0 aromatic heterocycles. The van der Waals surface area contributed by atoms with Gasteiger partial charge in [0.2, 0.25) is 0 Å². The Hall–Kier alpha value is -1.84. The second kappa shape index (κ2) is 7.08. The van der Waals surface area contributed by atoms with Gasteiger partial charge in [0, 0.05) is 17.7 Å². The highest BCUT2D eigenvalue weighted by molar-refractivity contribution is 6.30.